The fourth-order valence-electron chi connectivity index (χ4n) is 2.25. The SMILES string of the molecule is C=C(CC(=O)OCCCCCCCCCCCCC)C(=O)O. The van der Waals surface area contributed by atoms with Gasteiger partial charge >= 0.3 is 11.9 Å². The molecule has 0 amide bonds. The summed E-state index contributed by atoms with van der Waals surface area (Å²) in [5.74, 6) is -1.65. The van der Waals surface area contributed by atoms with Crippen molar-refractivity contribution in [1.29, 1.82) is 0 Å². The van der Waals surface area contributed by atoms with Crippen molar-refractivity contribution >= 4 is 11.9 Å². The van der Waals surface area contributed by atoms with Gasteiger partial charge in [-0.05, 0) is 6.42 Å². The number of esters is 1. The third-order valence-corrected chi connectivity index (χ3v) is 3.67. The Hall–Kier alpha value is -1.32. The lowest BCUT2D eigenvalue weighted by Crippen LogP contribution is -2.10. The van der Waals surface area contributed by atoms with Gasteiger partial charge in [0.05, 0.1) is 13.0 Å². The van der Waals surface area contributed by atoms with E-state index in [0.717, 1.165) is 12.8 Å². The molecule has 0 spiro atoms. The molecule has 0 aromatic heterocycles. The predicted molar refractivity (Wildman–Crippen MR) is 88.8 cm³/mol. The van der Waals surface area contributed by atoms with Gasteiger partial charge in [-0.1, -0.05) is 77.7 Å². The van der Waals surface area contributed by atoms with E-state index < -0.39 is 11.9 Å². The third kappa shape index (κ3) is 13.7. The Morgan fingerprint density at radius 3 is 1.77 bits per heavy atom. The van der Waals surface area contributed by atoms with Gasteiger partial charge in [0.1, 0.15) is 0 Å². The predicted octanol–water partition coefficient (Wildman–Crippen LogP) is 4.87. The fourth-order valence-corrected chi connectivity index (χ4v) is 2.25. The lowest BCUT2D eigenvalue weighted by Gasteiger charge is -2.05. The van der Waals surface area contributed by atoms with Crippen LogP contribution in [0.25, 0.3) is 0 Å². The summed E-state index contributed by atoms with van der Waals surface area (Å²) < 4.78 is 4.98. The molecule has 0 unspecified atom stereocenters. The highest BCUT2D eigenvalue weighted by atomic mass is 16.5. The van der Waals surface area contributed by atoms with Crippen molar-refractivity contribution in [1.82, 2.24) is 0 Å². The van der Waals surface area contributed by atoms with Crippen molar-refractivity contribution in [2.75, 3.05) is 6.61 Å². The highest BCUT2D eigenvalue weighted by Gasteiger charge is 2.10. The molecule has 0 aliphatic carbocycles. The minimum absolute atomic E-state index is 0.121. The Morgan fingerprint density at radius 1 is 0.864 bits per heavy atom. The van der Waals surface area contributed by atoms with Crippen LogP contribution >= 0.6 is 0 Å². The second kappa shape index (κ2) is 14.6. The number of carboxylic acid groups (broad SMARTS) is 1. The van der Waals surface area contributed by atoms with Crippen LogP contribution < -0.4 is 0 Å². The highest BCUT2D eigenvalue weighted by molar-refractivity contribution is 5.91. The van der Waals surface area contributed by atoms with Crippen molar-refractivity contribution in [2.45, 2.75) is 84.0 Å². The summed E-state index contributed by atoms with van der Waals surface area (Å²) in [5.41, 5.74) is -0.121. The number of hydrogen-bond acceptors (Lipinski definition) is 3. The Morgan fingerprint density at radius 2 is 1.32 bits per heavy atom. The molecule has 0 aromatic carbocycles. The maximum Gasteiger partial charge on any atom is 0.331 e. The average Bonchev–Trinajstić information content (AvgIpc) is 2.48. The lowest BCUT2D eigenvalue weighted by atomic mass is 10.1. The number of carboxylic acids is 1. The van der Waals surface area contributed by atoms with E-state index >= 15 is 0 Å². The van der Waals surface area contributed by atoms with Crippen molar-refractivity contribution in [2.24, 2.45) is 0 Å². The summed E-state index contributed by atoms with van der Waals surface area (Å²) in [6.45, 7) is 5.92. The van der Waals surface area contributed by atoms with Crippen LogP contribution in [-0.2, 0) is 14.3 Å². The second-order valence-corrected chi connectivity index (χ2v) is 5.84. The monoisotopic (exact) mass is 312 g/mol. The van der Waals surface area contributed by atoms with E-state index in [0.29, 0.717) is 6.61 Å². The molecule has 0 heterocycles. The maximum atomic E-state index is 11.3. The van der Waals surface area contributed by atoms with Gasteiger partial charge in [-0.3, -0.25) is 4.79 Å². The lowest BCUT2D eigenvalue weighted by molar-refractivity contribution is -0.144. The molecule has 0 saturated carbocycles. The molecule has 0 aromatic rings. The normalized spacial score (nSPS) is 10.4. The summed E-state index contributed by atoms with van der Waals surface area (Å²) in [6.07, 6.45) is 13.5. The first-order valence-corrected chi connectivity index (χ1v) is 8.64. The Labute approximate surface area is 134 Å². The Balaban J connectivity index is 3.25. The van der Waals surface area contributed by atoms with Gasteiger partial charge in [0.2, 0.25) is 0 Å². The molecule has 0 rings (SSSR count). The zero-order valence-corrected chi connectivity index (χ0v) is 14.1. The van der Waals surface area contributed by atoms with E-state index in [1.807, 2.05) is 0 Å². The molecule has 0 atom stereocenters. The number of carbonyl (C=O) groups is 2. The average molecular weight is 312 g/mol. The zero-order chi connectivity index (χ0) is 16.6. The Bertz CT molecular complexity index is 323. The van der Waals surface area contributed by atoms with Crippen LogP contribution in [0.5, 0.6) is 0 Å². The van der Waals surface area contributed by atoms with Gasteiger partial charge in [0, 0.05) is 5.57 Å². The summed E-state index contributed by atoms with van der Waals surface area (Å²) in [6, 6.07) is 0. The molecule has 0 saturated heterocycles. The number of hydrogen-bond donors (Lipinski definition) is 1. The molecule has 0 aliphatic rings. The molecule has 128 valence electrons. The Kier molecular flexibility index (Phi) is 13.7. The standard InChI is InChI=1S/C18H32O4/c1-3-4-5-6-7-8-9-10-11-12-13-14-22-17(19)15-16(2)18(20)21/h2-15H2,1H3,(H,20,21). The van der Waals surface area contributed by atoms with Gasteiger partial charge in [-0.15, -0.1) is 0 Å². The van der Waals surface area contributed by atoms with Crippen LogP contribution in [0.3, 0.4) is 0 Å². The topological polar surface area (TPSA) is 63.6 Å². The number of rotatable bonds is 15. The van der Waals surface area contributed by atoms with Crippen molar-refractivity contribution in [3.63, 3.8) is 0 Å². The smallest absolute Gasteiger partial charge is 0.331 e. The molecular formula is C18H32O4. The molecule has 0 radical (unpaired) electrons. The molecule has 4 nitrogen and oxygen atoms in total. The van der Waals surface area contributed by atoms with Gasteiger partial charge in [-0.25, -0.2) is 4.79 Å². The van der Waals surface area contributed by atoms with Gasteiger partial charge in [-0.2, -0.15) is 0 Å². The largest absolute Gasteiger partial charge is 0.478 e. The molecule has 22 heavy (non-hydrogen) atoms. The maximum absolute atomic E-state index is 11.3. The van der Waals surface area contributed by atoms with Crippen LogP contribution in [0.1, 0.15) is 84.0 Å². The first kappa shape index (κ1) is 20.7. The number of aliphatic carboxylic acids is 1. The third-order valence-electron chi connectivity index (χ3n) is 3.67. The summed E-state index contributed by atoms with van der Waals surface area (Å²) >= 11 is 0. The van der Waals surface area contributed by atoms with E-state index in [9.17, 15) is 9.59 Å². The summed E-state index contributed by atoms with van der Waals surface area (Å²) in [7, 11) is 0. The van der Waals surface area contributed by atoms with Gasteiger partial charge in [0.25, 0.3) is 0 Å². The van der Waals surface area contributed by atoms with Crippen LogP contribution in [0.2, 0.25) is 0 Å². The molecule has 4 heteroatoms. The molecule has 0 aliphatic heterocycles. The van der Waals surface area contributed by atoms with E-state index in [4.69, 9.17) is 9.84 Å². The second-order valence-electron chi connectivity index (χ2n) is 5.84. The first-order valence-electron chi connectivity index (χ1n) is 8.64. The highest BCUT2D eigenvalue weighted by Crippen LogP contribution is 2.11. The minimum atomic E-state index is -1.15. The van der Waals surface area contributed by atoms with E-state index in [2.05, 4.69) is 13.5 Å². The molecular weight excluding hydrogens is 280 g/mol. The number of ether oxygens (including phenoxy) is 1. The fraction of sp³-hybridized carbons (Fsp3) is 0.778. The zero-order valence-electron chi connectivity index (χ0n) is 14.1. The van der Waals surface area contributed by atoms with Crippen LogP contribution in [0.15, 0.2) is 12.2 Å². The van der Waals surface area contributed by atoms with E-state index in [1.54, 1.807) is 0 Å². The minimum Gasteiger partial charge on any atom is -0.478 e. The number of carbonyl (C=O) groups excluding carboxylic acids is 1. The van der Waals surface area contributed by atoms with E-state index in [1.165, 1.54) is 57.8 Å². The number of unbranched alkanes of at least 4 members (excludes halogenated alkanes) is 10. The van der Waals surface area contributed by atoms with Crippen molar-refractivity contribution in [3.8, 4) is 0 Å². The van der Waals surface area contributed by atoms with Gasteiger partial charge < -0.3 is 9.84 Å². The van der Waals surface area contributed by atoms with Gasteiger partial charge in [0.15, 0.2) is 0 Å². The van der Waals surface area contributed by atoms with Crippen molar-refractivity contribution in [3.05, 3.63) is 12.2 Å². The summed E-state index contributed by atoms with van der Waals surface area (Å²) in [4.78, 5) is 21.8. The molecule has 1 N–H and O–H groups in total. The van der Waals surface area contributed by atoms with Crippen LogP contribution in [0.4, 0.5) is 0 Å². The quantitative estimate of drug-likeness (QED) is 0.266. The molecule has 0 fully saturated rings. The van der Waals surface area contributed by atoms with Crippen molar-refractivity contribution < 1.29 is 19.4 Å². The van der Waals surface area contributed by atoms with Crippen LogP contribution in [-0.4, -0.2) is 23.7 Å². The van der Waals surface area contributed by atoms with Crippen LogP contribution in [0, 0.1) is 0 Å². The summed E-state index contributed by atoms with van der Waals surface area (Å²) in [5, 5.41) is 8.60. The first-order chi connectivity index (χ1) is 10.6. The molecule has 0 bridgehead atoms. The van der Waals surface area contributed by atoms with E-state index in [-0.39, 0.29) is 12.0 Å².